The molecule has 1 aromatic heterocycles. The molecular weight excluding hydrogens is 290 g/mol. The Balaban J connectivity index is 1.54. The number of hydrogen-bond acceptors (Lipinski definition) is 5. The highest BCUT2D eigenvalue weighted by Crippen LogP contribution is 2.18. The maximum Gasteiger partial charge on any atom is 0.205 e. The van der Waals surface area contributed by atoms with Crippen molar-refractivity contribution in [3.05, 3.63) is 47.8 Å². The molecule has 6 heteroatoms. The Morgan fingerprint density at radius 2 is 1.91 bits per heavy atom. The predicted molar refractivity (Wildman–Crippen MR) is 88.0 cm³/mol. The largest absolute Gasteiger partial charge is 0.387 e. The summed E-state index contributed by atoms with van der Waals surface area (Å²) in [6, 6.07) is 9.24. The number of β-amino-alcohol motifs (C(OH)–C–C–N with tert-alkyl or cyclic N) is 1. The van der Waals surface area contributed by atoms with Gasteiger partial charge in [-0.3, -0.25) is 4.90 Å². The highest BCUT2D eigenvalue weighted by atomic mass is 16.3. The molecule has 0 spiro atoms. The van der Waals surface area contributed by atoms with Crippen molar-refractivity contribution in [1.82, 2.24) is 14.5 Å². The molecule has 23 heavy (non-hydrogen) atoms. The zero-order valence-corrected chi connectivity index (χ0v) is 13.3. The van der Waals surface area contributed by atoms with Gasteiger partial charge in [0.15, 0.2) is 0 Å². The number of aromatic nitrogens is 2. The zero-order valence-electron chi connectivity index (χ0n) is 13.3. The molecule has 3 rings (SSSR count). The van der Waals surface area contributed by atoms with Crippen molar-refractivity contribution in [2.75, 3.05) is 37.6 Å². The van der Waals surface area contributed by atoms with Gasteiger partial charge in [-0.25, -0.2) is 4.98 Å². The molecule has 1 saturated heterocycles. The third-order valence-corrected chi connectivity index (χ3v) is 4.31. The maximum atomic E-state index is 10.4. The summed E-state index contributed by atoms with van der Waals surface area (Å²) in [6.07, 6.45) is 3.25. The van der Waals surface area contributed by atoms with Gasteiger partial charge in [-0.2, -0.15) is 5.26 Å². The van der Waals surface area contributed by atoms with E-state index in [0.29, 0.717) is 12.1 Å². The highest BCUT2D eigenvalue weighted by Gasteiger charge is 2.21. The molecule has 120 valence electrons. The number of piperazine rings is 1. The molecule has 1 atom stereocenters. The lowest BCUT2D eigenvalue weighted by molar-refractivity contribution is 0.109. The van der Waals surface area contributed by atoms with Crippen molar-refractivity contribution in [1.29, 1.82) is 5.26 Å². The van der Waals surface area contributed by atoms with Crippen LogP contribution < -0.4 is 4.90 Å². The van der Waals surface area contributed by atoms with Crippen LogP contribution in [0.25, 0.3) is 0 Å². The second-order valence-corrected chi connectivity index (χ2v) is 5.88. The Kier molecular flexibility index (Phi) is 4.60. The smallest absolute Gasteiger partial charge is 0.205 e. The summed E-state index contributed by atoms with van der Waals surface area (Å²) in [5.74, 6) is 0.997. The molecule has 0 amide bonds. The summed E-state index contributed by atoms with van der Waals surface area (Å²) in [5, 5.41) is 19.2. The number of hydrogen-bond donors (Lipinski definition) is 1. The van der Waals surface area contributed by atoms with E-state index in [-0.39, 0.29) is 0 Å². The Hall–Kier alpha value is -2.36. The van der Waals surface area contributed by atoms with Crippen LogP contribution in [0.15, 0.2) is 36.7 Å². The third-order valence-electron chi connectivity index (χ3n) is 4.31. The number of aryl methyl sites for hydroxylation is 1. The minimum Gasteiger partial charge on any atom is -0.387 e. The molecular formula is C17H21N5O. The van der Waals surface area contributed by atoms with Crippen LogP contribution in [0.3, 0.4) is 0 Å². The Labute approximate surface area is 136 Å². The fraction of sp³-hybridized carbons (Fsp3) is 0.412. The summed E-state index contributed by atoms with van der Waals surface area (Å²) >= 11 is 0. The van der Waals surface area contributed by atoms with E-state index in [1.165, 1.54) is 0 Å². The van der Waals surface area contributed by atoms with Gasteiger partial charge in [0.2, 0.25) is 5.95 Å². The van der Waals surface area contributed by atoms with Gasteiger partial charge in [-0.15, -0.1) is 0 Å². The van der Waals surface area contributed by atoms with Crippen molar-refractivity contribution in [2.45, 2.75) is 6.10 Å². The van der Waals surface area contributed by atoms with E-state index in [9.17, 15) is 5.11 Å². The van der Waals surface area contributed by atoms with Crippen LogP contribution in [0, 0.1) is 11.3 Å². The summed E-state index contributed by atoms with van der Waals surface area (Å²) < 4.78 is 2.03. The number of nitriles is 1. The lowest BCUT2D eigenvalue weighted by Crippen LogP contribution is -2.48. The predicted octanol–water partition coefficient (Wildman–Crippen LogP) is 1.15. The molecule has 1 unspecified atom stereocenters. The maximum absolute atomic E-state index is 10.4. The van der Waals surface area contributed by atoms with E-state index >= 15 is 0 Å². The number of aliphatic hydroxyl groups is 1. The van der Waals surface area contributed by atoms with Crippen molar-refractivity contribution < 1.29 is 5.11 Å². The van der Waals surface area contributed by atoms with Crippen molar-refractivity contribution in [3.8, 4) is 6.07 Å². The van der Waals surface area contributed by atoms with Crippen LogP contribution in [-0.4, -0.2) is 52.3 Å². The van der Waals surface area contributed by atoms with Crippen LogP contribution in [0.4, 0.5) is 5.95 Å². The molecule has 1 aliphatic heterocycles. The van der Waals surface area contributed by atoms with E-state index in [1.807, 2.05) is 36.1 Å². The molecule has 0 radical (unpaired) electrons. The van der Waals surface area contributed by atoms with Crippen LogP contribution >= 0.6 is 0 Å². The fourth-order valence-corrected chi connectivity index (χ4v) is 2.92. The molecule has 0 aliphatic carbocycles. The van der Waals surface area contributed by atoms with Gasteiger partial charge in [-0.1, -0.05) is 12.1 Å². The quantitative estimate of drug-likeness (QED) is 0.917. The number of nitrogens with zero attached hydrogens (tertiary/aromatic N) is 5. The minimum absolute atomic E-state index is 0.526. The number of imidazole rings is 1. The third kappa shape index (κ3) is 3.52. The minimum atomic E-state index is -0.526. The molecule has 1 fully saturated rings. The second-order valence-electron chi connectivity index (χ2n) is 5.88. The van der Waals surface area contributed by atoms with E-state index in [2.05, 4.69) is 20.9 Å². The van der Waals surface area contributed by atoms with Gasteiger partial charge >= 0.3 is 0 Å². The highest BCUT2D eigenvalue weighted by molar-refractivity contribution is 5.33. The van der Waals surface area contributed by atoms with Gasteiger partial charge in [0.1, 0.15) is 0 Å². The Bertz CT molecular complexity index is 680. The number of rotatable bonds is 4. The molecule has 0 saturated carbocycles. The Morgan fingerprint density at radius 3 is 2.48 bits per heavy atom. The topological polar surface area (TPSA) is 68.3 Å². The Morgan fingerprint density at radius 1 is 1.22 bits per heavy atom. The average molecular weight is 311 g/mol. The average Bonchev–Trinajstić information content (AvgIpc) is 3.01. The first-order valence-corrected chi connectivity index (χ1v) is 7.80. The van der Waals surface area contributed by atoms with Crippen LogP contribution in [0.1, 0.15) is 17.2 Å². The van der Waals surface area contributed by atoms with Crippen LogP contribution in [-0.2, 0) is 7.05 Å². The first-order valence-electron chi connectivity index (χ1n) is 7.80. The summed E-state index contributed by atoms with van der Waals surface area (Å²) in [4.78, 5) is 8.92. The first-order chi connectivity index (χ1) is 11.2. The molecule has 1 aliphatic rings. The summed E-state index contributed by atoms with van der Waals surface area (Å²) in [6.45, 7) is 4.23. The van der Waals surface area contributed by atoms with E-state index < -0.39 is 6.10 Å². The van der Waals surface area contributed by atoms with Gasteiger partial charge < -0.3 is 14.6 Å². The second kappa shape index (κ2) is 6.82. The normalized spacial score (nSPS) is 17.0. The lowest BCUT2D eigenvalue weighted by atomic mass is 10.1. The van der Waals surface area contributed by atoms with Crippen molar-refractivity contribution in [3.63, 3.8) is 0 Å². The van der Waals surface area contributed by atoms with Crippen molar-refractivity contribution in [2.24, 2.45) is 7.05 Å². The summed E-state index contributed by atoms with van der Waals surface area (Å²) in [7, 11) is 2.00. The van der Waals surface area contributed by atoms with Crippen molar-refractivity contribution >= 4 is 5.95 Å². The fourth-order valence-electron chi connectivity index (χ4n) is 2.92. The first kappa shape index (κ1) is 15.5. The molecule has 6 nitrogen and oxygen atoms in total. The van der Waals surface area contributed by atoms with E-state index in [1.54, 1.807) is 12.1 Å². The van der Waals surface area contributed by atoms with Crippen LogP contribution in [0.2, 0.25) is 0 Å². The number of anilines is 1. The van der Waals surface area contributed by atoms with Gasteiger partial charge in [0, 0.05) is 52.2 Å². The summed E-state index contributed by atoms with van der Waals surface area (Å²) in [5.41, 5.74) is 1.47. The zero-order chi connectivity index (χ0) is 16.2. The number of aliphatic hydroxyl groups excluding tert-OH is 1. The SMILES string of the molecule is Cn1ccnc1N1CCN(CC(O)c2ccc(C#N)cc2)CC1. The van der Waals surface area contributed by atoms with E-state index in [0.717, 1.165) is 37.7 Å². The molecule has 1 aromatic carbocycles. The van der Waals surface area contributed by atoms with Crippen LogP contribution in [0.5, 0.6) is 0 Å². The molecule has 1 N–H and O–H groups in total. The van der Waals surface area contributed by atoms with Gasteiger partial charge in [0.05, 0.1) is 17.7 Å². The van der Waals surface area contributed by atoms with Gasteiger partial charge in [0.25, 0.3) is 0 Å². The van der Waals surface area contributed by atoms with Gasteiger partial charge in [-0.05, 0) is 17.7 Å². The standard InChI is InChI=1S/C17H21N5O/c1-20-7-6-19-17(20)22-10-8-21(9-11-22)13-16(23)15-4-2-14(12-18)3-5-15/h2-7,16,23H,8-11,13H2,1H3. The number of benzene rings is 1. The molecule has 2 heterocycles. The molecule has 2 aromatic rings. The molecule has 0 bridgehead atoms. The lowest BCUT2D eigenvalue weighted by Gasteiger charge is -2.36. The monoisotopic (exact) mass is 311 g/mol. The van der Waals surface area contributed by atoms with E-state index in [4.69, 9.17) is 5.26 Å².